The predicted octanol–water partition coefficient (Wildman–Crippen LogP) is 1.56. The molecule has 0 saturated carbocycles. The summed E-state index contributed by atoms with van der Waals surface area (Å²) in [5.74, 6) is 0. The molecule has 0 aliphatic rings. The first-order chi connectivity index (χ1) is 5.18. The number of rotatable bonds is 2. The molecule has 1 rings (SSSR count). The van der Waals surface area contributed by atoms with E-state index in [9.17, 15) is 0 Å². The number of hydrogen-bond donors (Lipinski definition) is 1. The summed E-state index contributed by atoms with van der Waals surface area (Å²) in [6, 6.07) is 3.52. The van der Waals surface area contributed by atoms with Crippen LogP contribution in [0.1, 0.15) is 5.69 Å². The summed E-state index contributed by atoms with van der Waals surface area (Å²) < 4.78 is 0. The number of hydroxylamine groups is 2. The van der Waals surface area contributed by atoms with Gasteiger partial charge in [0.2, 0.25) is 0 Å². The molecule has 0 aliphatic carbocycles. The first-order valence-corrected chi connectivity index (χ1v) is 3.57. The van der Waals surface area contributed by atoms with E-state index in [1.54, 1.807) is 25.4 Å². The fourth-order valence-corrected chi connectivity index (χ4v) is 0.846. The molecule has 0 aromatic carbocycles. The molecule has 0 unspecified atom stereocenters. The second kappa shape index (κ2) is 3.67. The first-order valence-electron chi connectivity index (χ1n) is 3.19. The molecule has 1 aromatic heterocycles. The highest BCUT2D eigenvalue weighted by atomic mass is 35.5. The highest BCUT2D eigenvalue weighted by Gasteiger charge is 1.96. The normalized spacial score (nSPS) is 10.5. The third kappa shape index (κ3) is 2.84. The lowest BCUT2D eigenvalue weighted by Gasteiger charge is -2.05. The summed E-state index contributed by atoms with van der Waals surface area (Å²) in [4.78, 5) is 3.98. The second-order valence-corrected chi connectivity index (χ2v) is 2.72. The largest absolute Gasteiger partial charge is 0.314 e. The summed E-state index contributed by atoms with van der Waals surface area (Å²) in [7, 11) is 1.57. The average molecular weight is 173 g/mol. The summed E-state index contributed by atoms with van der Waals surface area (Å²) in [5, 5.41) is 10.5. The van der Waals surface area contributed by atoms with Crippen LogP contribution in [0.4, 0.5) is 0 Å². The van der Waals surface area contributed by atoms with Gasteiger partial charge in [-0.3, -0.25) is 4.98 Å². The minimum absolute atomic E-state index is 0.414. The van der Waals surface area contributed by atoms with Gasteiger partial charge in [0.15, 0.2) is 0 Å². The van der Waals surface area contributed by atoms with Crippen molar-refractivity contribution in [2.45, 2.75) is 6.54 Å². The number of pyridine rings is 1. The monoisotopic (exact) mass is 172 g/mol. The molecule has 0 atom stereocenters. The van der Waals surface area contributed by atoms with Crippen molar-refractivity contribution in [1.82, 2.24) is 10.0 Å². The molecule has 0 bridgehead atoms. The van der Waals surface area contributed by atoms with Crippen LogP contribution in [0.5, 0.6) is 0 Å². The van der Waals surface area contributed by atoms with Crippen molar-refractivity contribution in [2.75, 3.05) is 7.05 Å². The lowest BCUT2D eigenvalue weighted by atomic mass is 10.3. The highest BCUT2D eigenvalue weighted by Crippen LogP contribution is 2.06. The molecule has 1 N–H and O–H groups in total. The van der Waals surface area contributed by atoms with Gasteiger partial charge in [-0.15, -0.1) is 0 Å². The molecule has 0 saturated heterocycles. The van der Waals surface area contributed by atoms with Crippen LogP contribution in [0.3, 0.4) is 0 Å². The van der Waals surface area contributed by atoms with Gasteiger partial charge in [-0.05, 0) is 12.1 Å². The maximum Gasteiger partial charge on any atom is 0.0658 e. The van der Waals surface area contributed by atoms with Crippen LogP contribution in [0.25, 0.3) is 0 Å². The Hall–Kier alpha value is -0.640. The van der Waals surface area contributed by atoms with Crippen LogP contribution in [-0.2, 0) is 6.54 Å². The Balaban J connectivity index is 2.66. The third-order valence-electron chi connectivity index (χ3n) is 1.18. The summed E-state index contributed by atoms with van der Waals surface area (Å²) >= 11 is 5.61. The van der Waals surface area contributed by atoms with E-state index in [-0.39, 0.29) is 0 Å². The van der Waals surface area contributed by atoms with Gasteiger partial charge in [0.25, 0.3) is 0 Å². The molecule has 0 spiro atoms. The SMILES string of the molecule is CN(O)Cc1ccc(Cl)cn1. The van der Waals surface area contributed by atoms with Crippen LogP contribution in [0, 0.1) is 0 Å². The Morgan fingerprint density at radius 3 is 2.82 bits per heavy atom. The molecule has 3 nitrogen and oxygen atoms in total. The zero-order chi connectivity index (χ0) is 8.27. The van der Waals surface area contributed by atoms with Gasteiger partial charge in [-0.1, -0.05) is 11.6 Å². The van der Waals surface area contributed by atoms with Gasteiger partial charge in [0.05, 0.1) is 17.3 Å². The molecule has 0 aliphatic heterocycles. The molecule has 0 amide bonds. The second-order valence-electron chi connectivity index (χ2n) is 2.28. The summed E-state index contributed by atoms with van der Waals surface area (Å²) in [6.45, 7) is 0.414. The molecular formula is C7H9ClN2O. The van der Waals surface area contributed by atoms with Crippen molar-refractivity contribution in [3.63, 3.8) is 0 Å². The van der Waals surface area contributed by atoms with E-state index >= 15 is 0 Å². The summed E-state index contributed by atoms with van der Waals surface area (Å²) in [5.41, 5.74) is 0.791. The van der Waals surface area contributed by atoms with Crippen molar-refractivity contribution >= 4 is 11.6 Å². The topological polar surface area (TPSA) is 36.4 Å². The minimum atomic E-state index is 0.414. The molecule has 0 fully saturated rings. The molecule has 0 radical (unpaired) electrons. The van der Waals surface area contributed by atoms with E-state index in [1.165, 1.54) is 0 Å². The maximum absolute atomic E-state index is 8.84. The molecule has 60 valence electrons. The van der Waals surface area contributed by atoms with Gasteiger partial charge < -0.3 is 5.21 Å². The Morgan fingerprint density at radius 1 is 1.64 bits per heavy atom. The van der Waals surface area contributed by atoms with Gasteiger partial charge in [-0.2, -0.15) is 5.06 Å². The maximum atomic E-state index is 8.84. The van der Waals surface area contributed by atoms with Crippen LogP contribution in [0.2, 0.25) is 5.02 Å². The van der Waals surface area contributed by atoms with Crippen molar-refractivity contribution in [2.24, 2.45) is 0 Å². The predicted molar refractivity (Wildman–Crippen MR) is 42.5 cm³/mol. The van der Waals surface area contributed by atoms with E-state index in [1.807, 2.05) is 0 Å². The zero-order valence-electron chi connectivity index (χ0n) is 6.16. The lowest BCUT2D eigenvalue weighted by Crippen LogP contribution is -2.12. The van der Waals surface area contributed by atoms with Crippen molar-refractivity contribution in [3.05, 3.63) is 29.0 Å². The van der Waals surface area contributed by atoms with Gasteiger partial charge in [-0.25, -0.2) is 0 Å². The lowest BCUT2D eigenvalue weighted by molar-refractivity contribution is -0.0740. The van der Waals surface area contributed by atoms with Gasteiger partial charge in [0.1, 0.15) is 0 Å². The molecule has 1 heterocycles. The Morgan fingerprint density at radius 2 is 2.36 bits per heavy atom. The van der Waals surface area contributed by atoms with E-state index in [4.69, 9.17) is 16.8 Å². The first kappa shape index (κ1) is 8.46. The van der Waals surface area contributed by atoms with Gasteiger partial charge in [0, 0.05) is 13.2 Å². The number of aromatic nitrogens is 1. The zero-order valence-corrected chi connectivity index (χ0v) is 6.91. The van der Waals surface area contributed by atoms with Crippen molar-refractivity contribution in [3.8, 4) is 0 Å². The smallest absolute Gasteiger partial charge is 0.0658 e. The van der Waals surface area contributed by atoms with E-state index in [0.29, 0.717) is 11.6 Å². The number of nitrogens with zero attached hydrogens (tertiary/aromatic N) is 2. The molecule has 11 heavy (non-hydrogen) atoms. The summed E-state index contributed by atoms with van der Waals surface area (Å²) in [6.07, 6.45) is 1.56. The highest BCUT2D eigenvalue weighted by molar-refractivity contribution is 6.30. The fourth-order valence-electron chi connectivity index (χ4n) is 0.734. The van der Waals surface area contributed by atoms with Crippen LogP contribution >= 0.6 is 11.6 Å². The molecule has 4 heteroatoms. The third-order valence-corrected chi connectivity index (χ3v) is 1.40. The average Bonchev–Trinajstić information content (AvgIpc) is 1.93. The van der Waals surface area contributed by atoms with Gasteiger partial charge >= 0.3 is 0 Å². The molecule has 1 aromatic rings. The quantitative estimate of drug-likeness (QED) is 0.688. The standard InChI is InChI=1S/C7H9ClN2O/c1-10(11)5-7-3-2-6(8)4-9-7/h2-4,11H,5H2,1H3. The Labute approximate surface area is 70.2 Å². The Bertz CT molecular complexity index is 222. The van der Waals surface area contributed by atoms with Crippen molar-refractivity contribution < 1.29 is 5.21 Å². The van der Waals surface area contributed by atoms with Crippen LogP contribution in [-0.4, -0.2) is 22.3 Å². The number of halogens is 1. The van der Waals surface area contributed by atoms with Crippen LogP contribution in [0.15, 0.2) is 18.3 Å². The van der Waals surface area contributed by atoms with Crippen molar-refractivity contribution in [1.29, 1.82) is 0 Å². The van der Waals surface area contributed by atoms with E-state index in [2.05, 4.69) is 4.98 Å². The minimum Gasteiger partial charge on any atom is -0.314 e. The van der Waals surface area contributed by atoms with E-state index < -0.39 is 0 Å². The number of hydrogen-bond acceptors (Lipinski definition) is 3. The molecular weight excluding hydrogens is 164 g/mol. The van der Waals surface area contributed by atoms with Crippen LogP contribution < -0.4 is 0 Å². The Kier molecular flexibility index (Phi) is 2.82. The van der Waals surface area contributed by atoms with E-state index in [0.717, 1.165) is 10.8 Å². The fraction of sp³-hybridized carbons (Fsp3) is 0.286.